The maximum atomic E-state index is 13.6. The van der Waals surface area contributed by atoms with Crippen LogP contribution in [0.2, 0.25) is 5.02 Å². The molecule has 1 fully saturated rings. The summed E-state index contributed by atoms with van der Waals surface area (Å²) in [6.45, 7) is 1.63. The molecule has 1 aromatic rings. The van der Waals surface area contributed by atoms with Gasteiger partial charge in [0.1, 0.15) is 5.82 Å². The predicted octanol–water partition coefficient (Wildman–Crippen LogP) is 1.91. The summed E-state index contributed by atoms with van der Waals surface area (Å²) in [5.41, 5.74) is -0.0384. The second kappa shape index (κ2) is 5.02. The van der Waals surface area contributed by atoms with Gasteiger partial charge in [-0.3, -0.25) is 4.79 Å². The van der Waals surface area contributed by atoms with Gasteiger partial charge in [0.2, 0.25) is 0 Å². The average Bonchev–Trinajstić information content (AvgIpc) is 2.81. The molecule has 1 heterocycles. The molecule has 0 aliphatic carbocycles. The van der Waals surface area contributed by atoms with Gasteiger partial charge in [0.25, 0.3) is 5.91 Å². The van der Waals surface area contributed by atoms with Crippen molar-refractivity contribution in [2.45, 2.75) is 12.5 Å². The highest BCUT2D eigenvalue weighted by Crippen LogP contribution is 2.22. The van der Waals surface area contributed by atoms with Crippen molar-refractivity contribution in [2.24, 2.45) is 0 Å². The number of carbonyl (C=O) groups excluding carboxylic acids is 1. The van der Waals surface area contributed by atoms with E-state index in [0.717, 1.165) is 19.5 Å². The molecule has 0 aromatic heterocycles. The number of halogens is 2. The molecule has 2 rings (SSSR count). The Morgan fingerprint density at radius 2 is 2.35 bits per heavy atom. The Balaban J connectivity index is 2.24. The third kappa shape index (κ3) is 2.42. The molecule has 1 saturated heterocycles. The third-order valence-corrected chi connectivity index (χ3v) is 3.39. The maximum absolute atomic E-state index is 13.6. The number of amides is 1. The van der Waals surface area contributed by atoms with Crippen LogP contribution in [-0.2, 0) is 0 Å². The number of benzene rings is 1. The van der Waals surface area contributed by atoms with Gasteiger partial charge >= 0.3 is 0 Å². The zero-order valence-corrected chi connectivity index (χ0v) is 10.3. The lowest BCUT2D eigenvalue weighted by Gasteiger charge is -2.24. The standard InChI is InChI=1S/C12H14ClFN2O/c1-16(8-5-6-15-7-8)12(17)11-9(13)3-2-4-10(11)14/h2-4,8,15H,5-7H2,1H3. The third-order valence-electron chi connectivity index (χ3n) is 3.08. The molecule has 17 heavy (non-hydrogen) atoms. The lowest BCUT2D eigenvalue weighted by atomic mass is 10.1. The topological polar surface area (TPSA) is 32.3 Å². The van der Waals surface area contributed by atoms with Crippen molar-refractivity contribution in [3.63, 3.8) is 0 Å². The quantitative estimate of drug-likeness (QED) is 0.877. The van der Waals surface area contributed by atoms with Gasteiger partial charge in [-0.2, -0.15) is 0 Å². The molecule has 1 aromatic carbocycles. The Labute approximate surface area is 105 Å². The minimum absolute atomic E-state index is 0.0384. The van der Waals surface area contributed by atoms with Crippen molar-refractivity contribution in [3.05, 3.63) is 34.6 Å². The van der Waals surface area contributed by atoms with E-state index in [4.69, 9.17) is 11.6 Å². The molecule has 92 valence electrons. The van der Waals surface area contributed by atoms with Crippen molar-refractivity contribution >= 4 is 17.5 Å². The summed E-state index contributed by atoms with van der Waals surface area (Å²) in [4.78, 5) is 13.7. The first kappa shape index (κ1) is 12.3. The number of nitrogens with one attached hydrogen (secondary N) is 1. The van der Waals surface area contributed by atoms with Gasteiger partial charge in [-0.25, -0.2) is 4.39 Å². The molecule has 0 bridgehead atoms. The summed E-state index contributed by atoms with van der Waals surface area (Å²) in [6.07, 6.45) is 0.883. The van der Waals surface area contributed by atoms with Gasteiger partial charge in [-0.1, -0.05) is 17.7 Å². The molecule has 1 atom stereocenters. The van der Waals surface area contributed by atoms with Crippen molar-refractivity contribution in [2.75, 3.05) is 20.1 Å². The molecule has 0 radical (unpaired) electrons. The monoisotopic (exact) mass is 256 g/mol. The first-order valence-corrected chi connectivity index (χ1v) is 5.91. The van der Waals surface area contributed by atoms with Crippen LogP contribution in [0.5, 0.6) is 0 Å². The van der Waals surface area contributed by atoms with Gasteiger partial charge in [0.05, 0.1) is 10.6 Å². The maximum Gasteiger partial charge on any atom is 0.258 e. The Morgan fingerprint density at radius 3 is 2.94 bits per heavy atom. The lowest BCUT2D eigenvalue weighted by Crippen LogP contribution is -2.38. The largest absolute Gasteiger partial charge is 0.337 e. The minimum atomic E-state index is -0.569. The van der Waals surface area contributed by atoms with Crippen LogP contribution in [0.4, 0.5) is 4.39 Å². The van der Waals surface area contributed by atoms with E-state index in [0.29, 0.717) is 0 Å². The average molecular weight is 257 g/mol. The van der Waals surface area contributed by atoms with E-state index in [1.165, 1.54) is 18.2 Å². The van der Waals surface area contributed by atoms with Crippen LogP contribution in [-0.4, -0.2) is 37.0 Å². The summed E-state index contributed by atoms with van der Waals surface area (Å²) in [6, 6.07) is 4.38. The number of hydrogen-bond donors (Lipinski definition) is 1. The second-order valence-electron chi connectivity index (χ2n) is 4.16. The Morgan fingerprint density at radius 1 is 1.59 bits per heavy atom. The molecule has 5 heteroatoms. The van der Waals surface area contributed by atoms with Crippen LogP contribution in [0.15, 0.2) is 18.2 Å². The number of nitrogens with zero attached hydrogens (tertiary/aromatic N) is 1. The zero-order chi connectivity index (χ0) is 12.4. The number of rotatable bonds is 2. The first-order chi connectivity index (χ1) is 8.11. The summed E-state index contributed by atoms with van der Waals surface area (Å²) in [5, 5.41) is 3.33. The fourth-order valence-electron chi connectivity index (χ4n) is 2.01. The predicted molar refractivity (Wildman–Crippen MR) is 64.8 cm³/mol. The summed E-state index contributed by atoms with van der Waals surface area (Å²) in [5.74, 6) is -0.929. The summed E-state index contributed by atoms with van der Waals surface area (Å²) in [7, 11) is 1.68. The zero-order valence-electron chi connectivity index (χ0n) is 9.54. The molecule has 1 N–H and O–H groups in total. The van der Waals surface area contributed by atoms with Crippen molar-refractivity contribution in [1.29, 1.82) is 0 Å². The second-order valence-corrected chi connectivity index (χ2v) is 4.57. The molecule has 0 saturated carbocycles. The smallest absolute Gasteiger partial charge is 0.258 e. The highest BCUT2D eigenvalue weighted by molar-refractivity contribution is 6.33. The molecule has 3 nitrogen and oxygen atoms in total. The summed E-state index contributed by atoms with van der Waals surface area (Å²) < 4.78 is 13.6. The fraction of sp³-hybridized carbons (Fsp3) is 0.417. The summed E-state index contributed by atoms with van der Waals surface area (Å²) >= 11 is 5.87. The minimum Gasteiger partial charge on any atom is -0.337 e. The molecule has 1 amide bonds. The first-order valence-electron chi connectivity index (χ1n) is 5.53. The van der Waals surface area contributed by atoms with Gasteiger partial charge in [0.15, 0.2) is 0 Å². The molecular formula is C12H14ClFN2O. The van der Waals surface area contributed by atoms with Crippen LogP contribution in [0.1, 0.15) is 16.8 Å². The molecule has 1 aliphatic heterocycles. The highest BCUT2D eigenvalue weighted by atomic mass is 35.5. The van der Waals surface area contributed by atoms with E-state index < -0.39 is 5.82 Å². The number of hydrogen-bond acceptors (Lipinski definition) is 2. The van der Waals surface area contributed by atoms with Crippen LogP contribution in [0, 0.1) is 5.82 Å². The molecule has 1 unspecified atom stereocenters. The Kier molecular flexibility index (Phi) is 3.64. The van der Waals surface area contributed by atoms with E-state index >= 15 is 0 Å². The highest BCUT2D eigenvalue weighted by Gasteiger charge is 2.26. The van der Waals surface area contributed by atoms with Crippen molar-refractivity contribution in [3.8, 4) is 0 Å². The van der Waals surface area contributed by atoms with E-state index in [1.807, 2.05) is 0 Å². The van der Waals surface area contributed by atoms with E-state index in [2.05, 4.69) is 5.32 Å². The van der Waals surface area contributed by atoms with Crippen molar-refractivity contribution in [1.82, 2.24) is 10.2 Å². The Hall–Kier alpha value is -1.13. The number of likely N-dealkylation sites (N-methyl/N-ethyl adjacent to an activating group) is 1. The van der Waals surface area contributed by atoms with E-state index in [-0.39, 0.29) is 22.5 Å². The van der Waals surface area contributed by atoms with Gasteiger partial charge in [0, 0.05) is 19.6 Å². The van der Waals surface area contributed by atoms with Crippen LogP contribution >= 0.6 is 11.6 Å². The van der Waals surface area contributed by atoms with E-state index in [1.54, 1.807) is 11.9 Å². The molecular weight excluding hydrogens is 243 g/mol. The SMILES string of the molecule is CN(C(=O)c1c(F)cccc1Cl)C1CCNC1. The fourth-order valence-corrected chi connectivity index (χ4v) is 2.26. The molecule has 1 aliphatic rings. The van der Waals surface area contributed by atoms with Crippen LogP contribution in [0.3, 0.4) is 0 Å². The van der Waals surface area contributed by atoms with Crippen molar-refractivity contribution < 1.29 is 9.18 Å². The van der Waals surface area contributed by atoms with Gasteiger partial charge < -0.3 is 10.2 Å². The normalized spacial score (nSPS) is 19.4. The number of carbonyl (C=O) groups is 1. The van der Waals surface area contributed by atoms with Crippen LogP contribution < -0.4 is 5.32 Å². The Bertz CT molecular complexity index is 412. The lowest BCUT2D eigenvalue weighted by molar-refractivity contribution is 0.0739. The van der Waals surface area contributed by atoms with Gasteiger partial charge in [-0.15, -0.1) is 0 Å². The molecule has 0 spiro atoms. The van der Waals surface area contributed by atoms with E-state index in [9.17, 15) is 9.18 Å². The van der Waals surface area contributed by atoms with Crippen LogP contribution in [0.25, 0.3) is 0 Å². The van der Waals surface area contributed by atoms with Gasteiger partial charge in [-0.05, 0) is 25.1 Å².